The Morgan fingerprint density at radius 3 is 2.29 bits per heavy atom. The van der Waals surface area contributed by atoms with E-state index in [4.69, 9.17) is 5.73 Å². The van der Waals surface area contributed by atoms with Crippen LogP contribution in [-0.2, 0) is 4.79 Å². The predicted octanol–water partition coefficient (Wildman–Crippen LogP) is 2.40. The fraction of sp³-hybridized carbons (Fsp3) is 0.417. The minimum atomic E-state index is -0.272. The SMILES string of the molecule is CC(C)c1cccc([C@@H](C)C(N)=O)c1. The molecule has 2 nitrogen and oxygen atoms in total. The van der Waals surface area contributed by atoms with E-state index in [0.717, 1.165) is 5.56 Å². The Bertz CT molecular complexity index is 331. The molecule has 0 radical (unpaired) electrons. The molecule has 0 aliphatic heterocycles. The quantitative estimate of drug-likeness (QED) is 0.783. The van der Waals surface area contributed by atoms with Crippen molar-refractivity contribution in [3.63, 3.8) is 0 Å². The predicted molar refractivity (Wildman–Crippen MR) is 58.1 cm³/mol. The summed E-state index contributed by atoms with van der Waals surface area (Å²) in [5.41, 5.74) is 7.50. The molecular formula is C12H17NO. The lowest BCUT2D eigenvalue weighted by Gasteiger charge is -2.11. The van der Waals surface area contributed by atoms with Crippen molar-refractivity contribution in [3.8, 4) is 0 Å². The van der Waals surface area contributed by atoms with Crippen LogP contribution < -0.4 is 5.73 Å². The molecule has 0 unspecified atom stereocenters. The maximum Gasteiger partial charge on any atom is 0.224 e. The lowest BCUT2D eigenvalue weighted by Crippen LogP contribution is -2.18. The summed E-state index contributed by atoms with van der Waals surface area (Å²) in [6, 6.07) is 8.05. The number of amides is 1. The van der Waals surface area contributed by atoms with Crippen LogP contribution in [0.3, 0.4) is 0 Å². The van der Waals surface area contributed by atoms with Gasteiger partial charge in [-0.1, -0.05) is 38.1 Å². The van der Waals surface area contributed by atoms with Gasteiger partial charge in [0, 0.05) is 0 Å². The molecule has 76 valence electrons. The van der Waals surface area contributed by atoms with Gasteiger partial charge in [0.25, 0.3) is 0 Å². The number of nitrogens with two attached hydrogens (primary N) is 1. The molecule has 0 saturated heterocycles. The van der Waals surface area contributed by atoms with Gasteiger partial charge in [-0.05, 0) is 24.0 Å². The lowest BCUT2D eigenvalue weighted by molar-refractivity contribution is -0.119. The van der Waals surface area contributed by atoms with E-state index in [2.05, 4.69) is 26.0 Å². The van der Waals surface area contributed by atoms with E-state index in [-0.39, 0.29) is 11.8 Å². The standard InChI is InChI=1S/C12H17NO/c1-8(2)10-5-4-6-11(7-10)9(3)12(13)14/h4-9H,1-3H3,(H2,13,14)/t9-/m1/s1. The van der Waals surface area contributed by atoms with Gasteiger partial charge in [0.1, 0.15) is 0 Å². The topological polar surface area (TPSA) is 43.1 Å². The van der Waals surface area contributed by atoms with Gasteiger partial charge in [-0.3, -0.25) is 4.79 Å². The van der Waals surface area contributed by atoms with Gasteiger partial charge in [-0.15, -0.1) is 0 Å². The monoisotopic (exact) mass is 191 g/mol. The van der Waals surface area contributed by atoms with Crippen LogP contribution in [0.25, 0.3) is 0 Å². The highest BCUT2D eigenvalue weighted by atomic mass is 16.1. The fourth-order valence-corrected chi connectivity index (χ4v) is 1.35. The van der Waals surface area contributed by atoms with Gasteiger partial charge < -0.3 is 5.73 Å². The van der Waals surface area contributed by atoms with Gasteiger partial charge in [0.05, 0.1) is 5.92 Å². The van der Waals surface area contributed by atoms with E-state index in [0.29, 0.717) is 5.92 Å². The summed E-state index contributed by atoms with van der Waals surface area (Å²) in [6.45, 7) is 6.10. The Morgan fingerprint density at radius 2 is 1.79 bits per heavy atom. The summed E-state index contributed by atoms with van der Waals surface area (Å²) in [6.07, 6.45) is 0. The molecule has 1 aromatic carbocycles. The molecule has 0 fully saturated rings. The number of carbonyl (C=O) groups excluding carboxylic acids is 1. The number of benzene rings is 1. The van der Waals surface area contributed by atoms with Crippen molar-refractivity contribution in [1.29, 1.82) is 0 Å². The highest BCUT2D eigenvalue weighted by Crippen LogP contribution is 2.20. The summed E-state index contributed by atoms with van der Waals surface area (Å²) in [4.78, 5) is 11.0. The first kappa shape index (κ1) is 10.8. The molecule has 0 bridgehead atoms. The maximum atomic E-state index is 11.0. The van der Waals surface area contributed by atoms with E-state index in [1.807, 2.05) is 19.1 Å². The minimum Gasteiger partial charge on any atom is -0.369 e. The number of rotatable bonds is 3. The minimum absolute atomic E-state index is 0.200. The average Bonchev–Trinajstić information content (AvgIpc) is 2.16. The molecule has 1 amide bonds. The normalized spacial score (nSPS) is 12.9. The van der Waals surface area contributed by atoms with Crippen molar-refractivity contribution >= 4 is 5.91 Å². The van der Waals surface area contributed by atoms with Crippen molar-refractivity contribution in [2.75, 3.05) is 0 Å². The van der Waals surface area contributed by atoms with Gasteiger partial charge in [0.2, 0.25) is 5.91 Å². The molecule has 2 heteroatoms. The van der Waals surface area contributed by atoms with Crippen LogP contribution in [0.2, 0.25) is 0 Å². The zero-order chi connectivity index (χ0) is 10.7. The number of carbonyl (C=O) groups is 1. The Hall–Kier alpha value is -1.31. The lowest BCUT2D eigenvalue weighted by atomic mass is 9.95. The van der Waals surface area contributed by atoms with Crippen LogP contribution in [0.15, 0.2) is 24.3 Å². The molecular weight excluding hydrogens is 174 g/mol. The van der Waals surface area contributed by atoms with Crippen LogP contribution in [0.5, 0.6) is 0 Å². The smallest absolute Gasteiger partial charge is 0.224 e. The summed E-state index contributed by atoms with van der Waals surface area (Å²) < 4.78 is 0. The average molecular weight is 191 g/mol. The first-order valence-electron chi connectivity index (χ1n) is 4.91. The van der Waals surface area contributed by atoms with Crippen molar-refractivity contribution in [2.24, 2.45) is 5.73 Å². The molecule has 0 spiro atoms. The molecule has 1 aromatic rings. The number of primary amides is 1. The van der Waals surface area contributed by atoms with Gasteiger partial charge in [-0.25, -0.2) is 0 Å². The summed E-state index contributed by atoms with van der Waals surface area (Å²) in [5.74, 6) is 0.00892. The van der Waals surface area contributed by atoms with Crippen LogP contribution in [-0.4, -0.2) is 5.91 Å². The molecule has 1 rings (SSSR count). The van der Waals surface area contributed by atoms with Crippen molar-refractivity contribution < 1.29 is 4.79 Å². The molecule has 0 aromatic heterocycles. The zero-order valence-corrected chi connectivity index (χ0v) is 8.95. The van der Waals surface area contributed by atoms with E-state index >= 15 is 0 Å². The maximum absolute atomic E-state index is 11.0. The summed E-state index contributed by atoms with van der Waals surface area (Å²) >= 11 is 0. The van der Waals surface area contributed by atoms with Crippen molar-refractivity contribution in [3.05, 3.63) is 35.4 Å². The van der Waals surface area contributed by atoms with E-state index < -0.39 is 0 Å². The third-order valence-electron chi connectivity index (χ3n) is 2.50. The van der Waals surface area contributed by atoms with E-state index in [1.165, 1.54) is 5.56 Å². The van der Waals surface area contributed by atoms with Crippen molar-refractivity contribution in [1.82, 2.24) is 0 Å². The van der Waals surface area contributed by atoms with E-state index in [1.54, 1.807) is 0 Å². The second-order valence-electron chi connectivity index (χ2n) is 3.95. The zero-order valence-electron chi connectivity index (χ0n) is 8.95. The number of hydrogen-bond acceptors (Lipinski definition) is 1. The van der Waals surface area contributed by atoms with Crippen LogP contribution in [0, 0.1) is 0 Å². The first-order valence-corrected chi connectivity index (χ1v) is 4.91. The molecule has 0 saturated carbocycles. The Morgan fingerprint density at radius 1 is 1.21 bits per heavy atom. The van der Waals surface area contributed by atoms with Gasteiger partial charge in [-0.2, -0.15) is 0 Å². The first-order chi connectivity index (χ1) is 6.52. The summed E-state index contributed by atoms with van der Waals surface area (Å²) in [7, 11) is 0. The second-order valence-corrected chi connectivity index (χ2v) is 3.95. The molecule has 2 N–H and O–H groups in total. The fourth-order valence-electron chi connectivity index (χ4n) is 1.35. The molecule has 0 heterocycles. The van der Waals surface area contributed by atoms with Crippen LogP contribution in [0.4, 0.5) is 0 Å². The Labute approximate surface area is 85.1 Å². The Kier molecular flexibility index (Phi) is 3.28. The molecule has 0 aliphatic rings. The molecule has 0 aliphatic carbocycles. The third kappa shape index (κ3) is 2.34. The molecule has 14 heavy (non-hydrogen) atoms. The van der Waals surface area contributed by atoms with Crippen molar-refractivity contribution in [2.45, 2.75) is 32.6 Å². The highest BCUT2D eigenvalue weighted by molar-refractivity contribution is 5.81. The third-order valence-corrected chi connectivity index (χ3v) is 2.50. The van der Waals surface area contributed by atoms with Gasteiger partial charge >= 0.3 is 0 Å². The molecule has 1 atom stereocenters. The Balaban J connectivity index is 2.99. The largest absolute Gasteiger partial charge is 0.369 e. The second kappa shape index (κ2) is 4.27. The van der Waals surface area contributed by atoms with Gasteiger partial charge in [0.15, 0.2) is 0 Å². The van der Waals surface area contributed by atoms with Crippen LogP contribution in [0.1, 0.15) is 43.7 Å². The highest BCUT2D eigenvalue weighted by Gasteiger charge is 2.12. The number of hydrogen-bond donors (Lipinski definition) is 1. The van der Waals surface area contributed by atoms with E-state index in [9.17, 15) is 4.79 Å². The van der Waals surface area contributed by atoms with Crippen LogP contribution >= 0.6 is 0 Å². The summed E-state index contributed by atoms with van der Waals surface area (Å²) in [5, 5.41) is 0.